The smallest absolute Gasteiger partial charge is 0.314 e. The van der Waals surface area contributed by atoms with E-state index in [2.05, 4.69) is 7.05 Å². The first-order chi connectivity index (χ1) is 3.30. The predicted octanol–water partition coefficient (Wildman–Crippen LogP) is -1.82. The lowest BCUT2D eigenvalue weighted by molar-refractivity contribution is -0.777. The molecule has 7 heavy (non-hydrogen) atoms. The molecule has 0 aromatic carbocycles. The van der Waals surface area contributed by atoms with Gasteiger partial charge in [0.05, 0.1) is 0 Å². The number of carbonyl (C=O) groups is 1. The molecule has 1 fully saturated rings. The minimum absolute atomic E-state index is 0.0417. The van der Waals surface area contributed by atoms with Crippen LogP contribution in [-0.4, -0.2) is 19.2 Å². The average Bonchev–Trinajstić information content (AvgIpc) is 1.91. The monoisotopic (exact) mass is 101 g/mol. The number of ether oxygens (including phenoxy) is 1. The highest BCUT2D eigenvalue weighted by Crippen LogP contribution is 1.72. The van der Waals surface area contributed by atoms with Gasteiger partial charge < -0.3 is 9.64 Å². The topological polar surface area (TPSA) is 30.7 Å². The van der Waals surface area contributed by atoms with Crippen molar-refractivity contribution in [3.63, 3.8) is 0 Å². The van der Waals surface area contributed by atoms with Crippen LogP contribution in [0.3, 0.4) is 0 Å². The fraction of sp³-hybridized carbons (Fsp3) is 0.500. The lowest BCUT2D eigenvalue weighted by Crippen LogP contribution is -3.07. The molecule has 1 aliphatic heterocycles. The Balaban J connectivity index is 2.48. The molecule has 0 aromatic rings. The molecule has 0 bridgehead atoms. The molecule has 0 spiro atoms. The molecule has 1 heterocycles. The second-order valence-electron chi connectivity index (χ2n) is 1.52. The lowest BCUT2D eigenvalue weighted by atomic mass is 10.6. The number of hydrogen-bond donors (Lipinski definition) is 1. The minimum Gasteiger partial charge on any atom is -0.380 e. The molecule has 0 aliphatic carbocycles. The maximum atomic E-state index is 10.3. The zero-order valence-corrected chi connectivity index (χ0v) is 3.94. The molecule has 1 aliphatic rings. The van der Waals surface area contributed by atoms with Gasteiger partial charge in [0, 0.05) is 0 Å². The van der Waals surface area contributed by atoms with Gasteiger partial charge >= 0.3 is 5.91 Å². The molecule has 0 saturated carbocycles. The first kappa shape index (κ1) is 4.74. The maximum Gasteiger partial charge on any atom is 0.314 e. The van der Waals surface area contributed by atoms with E-state index in [-0.39, 0.29) is 12.5 Å². The third-order valence-corrected chi connectivity index (χ3v) is 0.904. The number of nitrogens with one attached hydrogen (secondary N) is 1. The van der Waals surface area contributed by atoms with Crippen LogP contribution in [0.15, 0.2) is 0 Å². The number of hydrogen-bond acceptors (Lipinski definition) is 2. The first-order valence-electron chi connectivity index (χ1n) is 2.09. The number of quaternary nitrogens is 1. The normalized spacial score (nSPS) is 31.6. The molecular weight excluding hydrogens is 94.0 g/mol. The van der Waals surface area contributed by atoms with Crippen LogP contribution in [0.1, 0.15) is 0 Å². The van der Waals surface area contributed by atoms with Crippen LogP contribution in [0.5, 0.6) is 0 Å². The summed E-state index contributed by atoms with van der Waals surface area (Å²) in [7, 11) is 3.46. The minimum atomic E-state index is 0.0417. The molecule has 3 nitrogen and oxygen atoms in total. The van der Waals surface area contributed by atoms with E-state index in [1.807, 2.05) is 0 Å². The van der Waals surface area contributed by atoms with Crippen molar-refractivity contribution in [2.45, 2.75) is 0 Å². The average molecular weight is 101 g/mol. The van der Waals surface area contributed by atoms with Crippen LogP contribution in [0.25, 0.3) is 0 Å². The van der Waals surface area contributed by atoms with Crippen molar-refractivity contribution in [1.29, 1.82) is 0 Å². The molecule has 1 N–H and O–H groups in total. The van der Waals surface area contributed by atoms with Crippen LogP contribution in [0.2, 0.25) is 0 Å². The summed E-state index contributed by atoms with van der Waals surface area (Å²) in [5, 5.41) is 0. The Morgan fingerprint density at radius 1 is 1.86 bits per heavy atom. The van der Waals surface area contributed by atoms with Crippen molar-refractivity contribution in [2.24, 2.45) is 0 Å². The SMILES string of the molecule is [CH2-][NH+]1COCC1=O. The standard InChI is InChI=1S/C4H7NO2/c1-5-3-7-2-4(5)6/h5H,1-3H2. The van der Waals surface area contributed by atoms with Gasteiger partial charge in [-0.2, -0.15) is 0 Å². The van der Waals surface area contributed by atoms with Gasteiger partial charge in [-0.25, -0.2) is 4.79 Å². The van der Waals surface area contributed by atoms with Gasteiger partial charge in [0.15, 0.2) is 13.3 Å². The summed E-state index contributed by atoms with van der Waals surface area (Å²) in [5.74, 6) is 0.0417. The van der Waals surface area contributed by atoms with Crippen LogP contribution >= 0.6 is 0 Å². The molecular formula is C4H7NO2. The van der Waals surface area contributed by atoms with Crippen molar-refractivity contribution < 1.29 is 14.4 Å². The zero-order valence-electron chi connectivity index (χ0n) is 3.94. The van der Waals surface area contributed by atoms with Gasteiger partial charge in [0.2, 0.25) is 0 Å². The summed E-state index contributed by atoms with van der Waals surface area (Å²) < 4.78 is 4.72. The second-order valence-corrected chi connectivity index (χ2v) is 1.52. The summed E-state index contributed by atoms with van der Waals surface area (Å²) in [5.41, 5.74) is 0. The Labute approximate surface area is 41.9 Å². The van der Waals surface area contributed by atoms with Gasteiger partial charge in [-0.15, -0.1) is 7.05 Å². The Bertz CT molecular complexity index is 91.7. The van der Waals surface area contributed by atoms with Crippen LogP contribution in [0.4, 0.5) is 0 Å². The number of amides is 1. The van der Waals surface area contributed by atoms with Crippen LogP contribution < -0.4 is 4.90 Å². The molecule has 0 aromatic heterocycles. The quantitative estimate of drug-likeness (QED) is 0.364. The summed E-state index contributed by atoms with van der Waals surface area (Å²) >= 11 is 0. The summed E-state index contributed by atoms with van der Waals surface area (Å²) in [4.78, 5) is 10.9. The van der Waals surface area contributed by atoms with Crippen LogP contribution in [-0.2, 0) is 9.53 Å². The Morgan fingerprint density at radius 2 is 2.57 bits per heavy atom. The third-order valence-electron chi connectivity index (χ3n) is 0.904. The van der Waals surface area contributed by atoms with E-state index in [0.29, 0.717) is 11.6 Å². The van der Waals surface area contributed by atoms with Crippen molar-refractivity contribution in [2.75, 3.05) is 13.3 Å². The van der Waals surface area contributed by atoms with Crippen LogP contribution in [0, 0.1) is 7.05 Å². The van der Waals surface area contributed by atoms with Gasteiger partial charge in [0.1, 0.15) is 0 Å². The molecule has 1 rings (SSSR count). The van der Waals surface area contributed by atoms with Crippen molar-refractivity contribution in [1.82, 2.24) is 0 Å². The third kappa shape index (κ3) is 0.783. The van der Waals surface area contributed by atoms with Crippen molar-refractivity contribution >= 4 is 5.91 Å². The molecule has 1 saturated heterocycles. The molecule has 1 amide bonds. The van der Waals surface area contributed by atoms with E-state index in [9.17, 15) is 4.79 Å². The Morgan fingerprint density at radius 3 is 2.71 bits per heavy atom. The lowest BCUT2D eigenvalue weighted by Gasteiger charge is -2.03. The molecule has 3 heteroatoms. The second kappa shape index (κ2) is 1.60. The number of rotatable bonds is 0. The van der Waals surface area contributed by atoms with Gasteiger partial charge in [0.25, 0.3) is 0 Å². The molecule has 40 valence electrons. The van der Waals surface area contributed by atoms with E-state index in [1.165, 1.54) is 0 Å². The predicted molar refractivity (Wildman–Crippen MR) is 22.1 cm³/mol. The summed E-state index contributed by atoms with van der Waals surface area (Å²) in [6.45, 7) is 0.664. The fourth-order valence-corrected chi connectivity index (χ4v) is 0.449. The van der Waals surface area contributed by atoms with Gasteiger partial charge in [-0.05, 0) is 0 Å². The van der Waals surface area contributed by atoms with Gasteiger partial charge in [-0.3, -0.25) is 0 Å². The first-order valence-corrected chi connectivity index (χ1v) is 2.09. The van der Waals surface area contributed by atoms with Gasteiger partial charge in [-0.1, -0.05) is 0 Å². The molecule has 0 radical (unpaired) electrons. The summed E-state index contributed by atoms with van der Waals surface area (Å²) in [6, 6.07) is 0. The number of carbonyl (C=O) groups excluding carboxylic acids is 1. The van der Waals surface area contributed by atoms with Crippen molar-refractivity contribution in [3.05, 3.63) is 7.05 Å². The van der Waals surface area contributed by atoms with Crippen molar-refractivity contribution in [3.8, 4) is 0 Å². The zero-order chi connectivity index (χ0) is 5.28. The Kier molecular flexibility index (Phi) is 1.08. The van der Waals surface area contributed by atoms with E-state index in [1.54, 1.807) is 0 Å². The Hall–Kier alpha value is -0.410. The maximum absolute atomic E-state index is 10.3. The summed E-state index contributed by atoms with van der Waals surface area (Å²) in [6.07, 6.45) is 0. The largest absolute Gasteiger partial charge is 0.380 e. The van der Waals surface area contributed by atoms with E-state index in [0.717, 1.165) is 0 Å². The molecule has 1 unspecified atom stereocenters. The van der Waals surface area contributed by atoms with E-state index < -0.39 is 0 Å². The molecule has 1 atom stereocenters. The fourth-order valence-electron chi connectivity index (χ4n) is 0.449. The highest BCUT2D eigenvalue weighted by atomic mass is 16.5. The highest BCUT2D eigenvalue weighted by Gasteiger charge is 2.16. The van der Waals surface area contributed by atoms with E-state index >= 15 is 0 Å². The van der Waals surface area contributed by atoms with E-state index in [4.69, 9.17) is 4.74 Å². The highest BCUT2D eigenvalue weighted by molar-refractivity contribution is 5.68.